The van der Waals surface area contributed by atoms with Crippen LogP contribution in [0.5, 0.6) is 5.75 Å². The molecule has 6 N–H and O–H groups in total. The Morgan fingerprint density at radius 2 is 2.19 bits per heavy atom. The molecular weight excluding hydrogens is 392 g/mol. The van der Waals surface area contributed by atoms with Crippen molar-refractivity contribution in [3.63, 3.8) is 0 Å². The maximum absolute atomic E-state index is 9.23. The zero-order valence-corrected chi connectivity index (χ0v) is 17.6. The highest BCUT2D eigenvalue weighted by atomic mass is 16.5. The molecule has 1 atom stereocenters. The highest BCUT2D eigenvalue weighted by Crippen LogP contribution is 2.40. The van der Waals surface area contributed by atoms with E-state index in [0.717, 1.165) is 44.6 Å². The fourth-order valence-corrected chi connectivity index (χ4v) is 3.91. The minimum absolute atomic E-state index is 0.255. The summed E-state index contributed by atoms with van der Waals surface area (Å²) < 4.78 is 5.77. The Bertz CT molecular complexity index is 1310. The van der Waals surface area contributed by atoms with Crippen LogP contribution in [0.2, 0.25) is 0 Å². The molecule has 0 spiro atoms. The number of hydrazone groups is 1. The molecule has 1 unspecified atom stereocenters. The number of amidine groups is 1. The van der Waals surface area contributed by atoms with Crippen LogP contribution in [0.4, 0.5) is 0 Å². The molecule has 0 radical (unpaired) electrons. The van der Waals surface area contributed by atoms with Gasteiger partial charge in [-0.25, -0.2) is 15.9 Å². The normalized spacial score (nSPS) is 12.8. The van der Waals surface area contributed by atoms with Crippen LogP contribution in [0.1, 0.15) is 34.9 Å². The predicted octanol–water partition coefficient (Wildman–Crippen LogP) is 2.75. The van der Waals surface area contributed by atoms with Crippen LogP contribution in [-0.2, 0) is 0 Å². The highest BCUT2D eigenvalue weighted by molar-refractivity contribution is 5.91. The summed E-state index contributed by atoms with van der Waals surface area (Å²) in [7, 11) is 3.37. The number of nitrogens with two attached hydrogens (primary N) is 1. The molecule has 4 rings (SSSR count). The number of hydrogen-bond acceptors (Lipinski definition) is 6. The van der Waals surface area contributed by atoms with Gasteiger partial charge in [0.1, 0.15) is 17.4 Å². The molecule has 0 aliphatic rings. The van der Waals surface area contributed by atoms with Crippen molar-refractivity contribution in [3.8, 4) is 11.8 Å². The first-order valence-corrected chi connectivity index (χ1v) is 9.83. The summed E-state index contributed by atoms with van der Waals surface area (Å²) in [6, 6.07) is 11.6. The van der Waals surface area contributed by atoms with Gasteiger partial charge in [0, 0.05) is 36.1 Å². The first kappa shape index (κ1) is 20.3. The number of aryl methyl sites for hydroxylation is 1. The maximum atomic E-state index is 9.23. The number of nitrogens with one attached hydrogen (secondary N) is 4. The maximum Gasteiger partial charge on any atom is 0.123 e. The lowest BCUT2D eigenvalue weighted by Crippen LogP contribution is -2.27. The average Bonchev–Trinajstić information content (AvgIpc) is 3.43. The fourth-order valence-electron chi connectivity index (χ4n) is 3.91. The summed E-state index contributed by atoms with van der Waals surface area (Å²) in [5.74, 6) is 1.62. The molecule has 2 aromatic heterocycles. The van der Waals surface area contributed by atoms with Crippen molar-refractivity contribution < 1.29 is 4.74 Å². The number of imidazole rings is 1. The number of H-pyrrole nitrogens is 2. The molecular formula is C22H24N8O. The van der Waals surface area contributed by atoms with Crippen LogP contribution in [0.25, 0.3) is 21.9 Å². The fraction of sp³-hybridized carbons (Fsp3) is 0.227. The van der Waals surface area contributed by atoms with Gasteiger partial charge in [-0.15, -0.1) is 0 Å². The van der Waals surface area contributed by atoms with Crippen LogP contribution in [0.3, 0.4) is 0 Å². The number of nitriles is 1. The molecule has 158 valence electrons. The number of methoxy groups -OCH3 is 1. The van der Waals surface area contributed by atoms with Gasteiger partial charge in [-0.3, -0.25) is 0 Å². The Labute approximate surface area is 179 Å². The van der Waals surface area contributed by atoms with Crippen LogP contribution in [-0.4, -0.2) is 34.9 Å². The van der Waals surface area contributed by atoms with Crippen molar-refractivity contribution in [1.82, 2.24) is 25.9 Å². The van der Waals surface area contributed by atoms with Crippen LogP contribution >= 0.6 is 0 Å². The van der Waals surface area contributed by atoms with Gasteiger partial charge in [-0.2, -0.15) is 10.4 Å². The number of fused-ring (bicyclic) bond motifs is 2. The Morgan fingerprint density at radius 3 is 2.94 bits per heavy atom. The number of rotatable bonds is 7. The summed E-state index contributed by atoms with van der Waals surface area (Å²) in [4.78, 5) is 11.5. The average molecular weight is 416 g/mol. The molecule has 9 nitrogen and oxygen atoms in total. The largest absolute Gasteiger partial charge is 0.496 e. The molecule has 4 aromatic rings. The van der Waals surface area contributed by atoms with E-state index in [1.807, 2.05) is 31.3 Å². The zero-order chi connectivity index (χ0) is 22.0. The topological polar surface area (TPSA) is 140 Å². The summed E-state index contributed by atoms with van der Waals surface area (Å²) in [6.07, 6.45) is 2.31. The van der Waals surface area contributed by atoms with E-state index in [2.05, 4.69) is 32.1 Å². The van der Waals surface area contributed by atoms with Crippen molar-refractivity contribution in [3.05, 3.63) is 59.0 Å². The van der Waals surface area contributed by atoms with Crippen LogP contribution < -0.4 is 21.4 Å². The molecule has 31 heavy (non-hydrogen) atoms. The summed E-state index contributed by atoms with van der Waals surface area (Å²) in [6.45, 7) is 2.04. The molecule has 0 fully saturated rings. The Hall–Kier alpha value is -4.03. The molecule has 9 heteroatoms. The molecule has 0 saturated heterocycles. The molecule has 0 amide bonds. The zero-order valence-electron chi connectivity index (χ0n) is 17.6. The lowest BCUT2D eigenvalue weighted by molar-refractivity contribution is 0.408. The monoisotopic (exact) mass is 416 g/mol. The third-order valence-corrected chi connectivity index (χ3v) is 5.30. The van der Waals surface area contributed by atoms with Crippen molar-refractivity contribution >= 4 is 27.8 Å². The van der Waals surface area contributed by atoms with E-state index in [1.54, 1.807) is 26.3 Å². The van der Waals surface area contributed by atoms with Gasteiger partial charge in [-0.05, 0) is 42.8 Å². The number of hydrogen-bond donors (Lipinski definition) is 5. The minimum Gasteiger partial charge on any atom is -0.496 e. The van der Waals surface area contributed by atoms with Crippen molar-refractivity contribution in [2.24, 2.45) is 10.8 Å². The number of aromatic nitrogens is 3. The molecule has 0 bridgehead atoms. The van der Waals surface area contributed by atoms with E-state index in [4.69, 9.17) is 15.5 Å². The third kappa shape index (κ3) is 3.76. The van der Waals surface area contributed by atoms with E-state index in [0.29, 0.717) is 17.8 Å². The number of aromatic amines is 2. The first-order chi connectivity index (χ1) is 15.0. The number of hydrazine groups is 1. The van der Waals surface area contributed by atoms with Gasteiger partial charge in [0.25, 0.3) is 0 Å². The summed E-state index contributed by atoms with van der Waals surface area (Å²) in [5, 5.41) is 14.4. The quantitative estimate of drug-likeness (QED) is 0.178. The molecule has 2 heterocycles. The Morgan fingerprint density at radius 1 is 1.35 bits per heavy atom. The lowest BCUT2D eigenvalue weighted by atomic mass is 9.89. The smallest absolute Gasteiger partial charge is 0.123 e. The molecule has 0 saturated carbocycles. The van der Waals surface area contributed by atoms with Crippen molar-refractivity contribution in [1.29, 1.82) is 5.26 Å². The van der Waals surface area contributed by atoms with E-state index in [-0.39, 0.29) is 5.92 Å². The molecule has 0 aliphatic carbocycles. The van der Waals surface area contributed by atoms with Gasteiger partial charge < -0.3 is 20.4 Å². The van der Waals surface area contributed by atoms with E-state index < -0.39 is 0 Å². The first-order valence-electron chi connectivity index (χ1n) is 9.83. The second-order valence-corrected chi connectivity index (χ2v) is 7.26. The van der Waals surface area contributed by atoms with Crippen molar-refractivity contribution in [2.75, 3.05) is 14.2 Å². The number of ether oxygens (including phenoxy) is 1. The second-order valence-electron chi connectivity index (χ2n) is 7.26. The number of nitrogens with zero attached hydrogens (tertiary/aromatic N) is 3. The summed E-state index contributed by atoms with van der Waals surface area (Å²) >= 11 is 0. The van der Waals surface area contributed by atoms with Gasteiger partial charge in [-0.1, -0.05) is 0 Å². The van der Waals surface area contributed by atoms with E-state index in [1.165, 1.54) is 0 Å². The Balaban J connectivity index is 1.92. The minimum atomic E-state index is -0.255. The van der Waals surface area contributed by atoms with Crippen molar-refractivity contribution in [2.45, 2.75) is 19.3 Å². The van der Waals surface area contributed by atoms with Gasteiger partial charge in [0.05, 0.1) is 35.7 Å². The van der Waals surface area contributed by atoms with Crippen LogP contribution in [0.15, 0.2) is 41.6 Å². The standard InChI is InChI=1S/C22H24N8O/c1-12-8-18(31-3)20(14-6-7-26-21(12)14)15(10-19(24)29-30-25-2)22-27-16-5-4-13(11-23)9-17(16)28-22/h4-9,15,25-26,30H,10H2,1-3H3,(H2,24,29)(H,27,28). The van der Waals surface area contributed by atoms with E-state index >= 15 is 0 Å². The molecule has 0 aliphatic heterocycles. The highest BCUT2D eigenvalue weighted by Gasteiger charge is 2.26. The molecule has 2 aromatic carbocycles. The van der Waals surface area contributed by atoms with E-state index in [9.17, 15) is 5.26 Å². The third-order valence-electron chi connectivity index (χ3n) is 5.30. The van der Waals surface area contributed by atoms with Gasteiger partial charge in [0.15, 0.2) is 0 Å². The predicted molar refractivity (Wildman–Crippen MR) is 121 cm³/mol. The van der Waals surface area contributed by atoms with Crippen LogP contribution in [0, 0.1) is 18.3 Å². The SMILES string of the molecule is CNNN=C(N)CC(c1nc2ccc(C#N)cc2[nH]1)c1c(OC)cc(C)c2[nH]ccc12. The van der Waals surface area contributed by atoms with Gasteiger partial charge >= 0.3 is 0 Å². The lowest BCUT2D eigenvalue weighted by Gasteiger charge is -2.20. The second kappa shape index (κ2) is 8.38. The summed E-state index contributed by atoms with van der Waals surface area (Å²) in [5.41, 5.74) is 16.9. The Kier molecular flexibility index (Phi) is 5.47. The van der Waals surface area contributed by atoms with Gasteiger partial charge in [0.2, 0.25) is 0 Å². The number of benzene rings is 2.